The smallest absolute Gasteiger partial charge is 0.410 e. The minimum Gasteiger partial charge on any atom is -0.493 e. The highest BCUT2D eigenvalue weighted by atomic mass is 32.1. The molecule has 3 N–H and O–H groups in total. The summed E-state index contributed by atoms with van der Waals surface area (Å²) in [6.07, 6.45) is -0.598. The first-order chi connectivity index (χ1) is 22.8. The van der Waals surface area contributed by atoms with Crippen molar-refractivity contribution >= 4 is 35.2 Å². The lowest BCUT2D eigenvalue weighted by Gasteiger charge is -2.35. The number of carbonyl (C=O) groups is 4. The number of aryl methyl sites for hydroxylation is 1. The Hall–Kier alpha value is -3.78. The van der Waals surface area contributed by atoms with Gasteiger partial charge in [-0.05, 0) is 64.0 Å². The first-order valence-corrected chi connectivity index (χ1v) is 17.5. The van der Waals surface area contributed by atoms with Crippen LogP contribution in [-0.4, -0.2) is 99.9 Å². The Bertz CT molecular complexity index is 1530. The number of β-amino-alcohol motifs (C(OH)–C–C–N with tert-alkyl or cyclic N) is 1. The lowest BCUT2D eigenvalue weighted by molar-refractivity contribution is -0.145. The fraction of sp³-hybridized carbons (Fsp3) is 0.629. The summed E-state index contributed by atoms with van der Waals surface area (Å²) in [7, 11) is 1.67. The second kappa shape index (κ2) is 15.0. The number of aliphatic hydroxyl groups excluding tert-OH is 1. The Labute approximate surface area is 291 Å². The number of alkyl halides is 1. The summed E-state index contributed by atoms with van der Waals surface area (Å²) < 4.78 is 26.1. The van der Waals surface area contributed by atoms with Crippen molar-refractivity contribution in [3.8, 4) is 16.2 Å². The molecule has 12 nitrogen and oxygen atoms in total. The topological polar surface area (TPSA) is 150 Å². The van der Waals surface area contributed by atoms with Crippen molar-refractivity contribution in [2.45, 2.75) is 110 Å². The van der Waals surface area contributed by atoms with Crippen LogP contribution >= 0.6 is 11.3 Å². The molecule has 2 aromatic rings. The maximum Gasteiger partial charge on any atom is 0.410 e. The van der Waals surface area contributed by atoms with Gasteiger partial charge in [0.15, 0.2) is 5.67 Å². The summed E-state index contributed by atoms with van der Waals surface area (Å²) in [6.45, 7) is 13.3. The highest BCUT2D eigenvalue weighted by Crippen LogP contribution is 2.40. The van der Waals surface area contributed by atoms with Gasteiger partial charge in [0.25, 0.3) is 5.91 Å². The van der Waals surface area contributed by atoms with Crippen molar-refractivity contribution in [2.24, 2.45) is 5.41 Å². The monoisotopic (exact) mass is 703 g/mol. The van der Waals surface area contributed by atoms with Crippen LogP contribution in [0, 0.1) is 12.3 Å². The zero-order chi connectivity index (χ0) is 36.3. The molecule has 4 rings (SSSR count). The predicted molar refractivity (Wildman–Crippen MR) is 184 cm³/mol. The van der Waals surface area contributed by atoms with E-state index in [2.05, 4.69) is 15.6 Å². The molecular formula is C35H50FN5O7S. The van der Waals surface area contributed by atoms with Crippen molar-refractivity contribution in [3.63, 3.8) is 0 Å². The Morgan fingerprint density at radius 3 is 2.47 bits per heavy atom. The summed E-state index contributed by atoms with van der Waals surface area (Å²) in [5, 5.41) is 16.0. The number of aromatic nitrogens is 1. The van der Waals surface area contributed by atoms with Gasteiger partial charge >= 0.3 is 6.09 Å². The van der Waals surface area contributed by atoms with E-state index in [0.717, 1.165) is 16.1 Å². The lowest BCUT2D eigenvalue weighted by Crippen LogP contribution is -2.59. The van der Waals surface area contributed by atoms with Gasteiger partial charge in [-0.3, -0.25) is 14.4 Å². The fourth-order valence-corrected chi connectivity index (χ4v) is 6.29. The van der Waals surface area contributed by atoms with E-state index in [4.69, 9.17) is 9.47 Å². The van der Waals surface area contributed by atoms with Crippen molar-refractivity contribution in [1.29, 1.82) is 0 Å². The molecule has 1 aliphatic heterocycles. The van der Waals surface area contributed by atoms with E-state index < -0.39 is 58.7 Å². The largest absolute Gasteiger partial charge is 0.493 e. The Morgan fingerprint density at radius 2 is 1.88 bits per heavy atom. The second-order valence-electron chi connectivity index (χ2n) is 15.0. The van der Waals surface area contributed by atoms with Crippen LogP contribution in [0.2, 0.25) is 0 Å². The van der Waals surface area contributed by atoms with Gasteiger partial charge < -0.3 is 35.0 Å². The van der Waals surface area contributed by atoms with Gasteiger partial charge in [0.2, 0.25) is 11.8 Å². The predicted octanol–water partition coefficient (Wildman–Crippen LogP) is 4.37. The number of likely N-dealkylation sites (tertiary alicyclic amines) is 1. The molecule has 3 atom stereocenters. The molecule has 2 aliphatic rings. The minimum atomic E-state index is -1.97. The molecule has 1 unspecified atom stereocenters. The number of benzene rings is 1. The Morgan fingerprint density at radius 1 is 1.18 bits per heavy atom. The number of amides is 4. The van der Waals surface area contributed by atoms with Crippen LogP contribution in [0.5, 0.6) is 5.75 Å². The average molecular weight is 704 g/mol. The normalized spacial score (nSPS) is 19.2. The number of ether oxygens (including phenoxy) is 2. The molecule has 0 bridgehead atoms. The zero-order valence-corrected chi connectivity index (χ0v) is 30.5. The molecule has 1 saturated carbocycles. The molecule has 1 aliphatic carbocycles. The van der Waals surface area contributed by atoms with Crippen LogP contribution in [0.3, 0.4) is 0 Å². The molecule has 1 aromatic heterocycles. The molecule has 270 valence electrons. The minimum absolute atomic E-state index is 0.0214. The molecule has 49 heavy (non-hydrogen) atoms. The summed E-state index contributed by atoms with van der Waals surface area (Å²) in [5.41, 5.74) is 0.898. The van der Waals surface area contributed by atoms with Crippen molar-refractivity contribution in [2.75, 3.05) is 26.7 Å². The van der Waals surface area contributed by atoms with Gasteiger partial charge in [-0.25, -0.2) is 14.2 Å². The van der Waals surface area contributed by atoms with E-state index in [9.17, 15) is 28.7 Å². The van der Waals surface area contributed by atoms with E-state index in [0.29, 0.717) is 24.3 Å². The third kappa shape index (κ3) is 9.90. The lowest BCUT2D eigenvalue weighted by atomic mass is 9.85. The number of rotatable bonds is 12. The van der Waals surface area contributed by atoms with Gasteiger partial charge in [0.1, 0.15) is 23.4 Å². The van der Waals surface area contributed by atoms with Crippen LogP contribution in [0.25, 0.3) is 10.4 Å². The third-order valence-corrected chi connectivity index (χ3v) is 9.46. The van der Waals surface area contributed by atoms with Crippen LogP contribution < -0.4 is 15.4 Å². The van der Waals surface area contributed by atoms with Gasteiger partial charge in [-0.2, -0.15) is 0 Å². The molecule has 14 heteroatoms. The summed E-state index contributed by atoms with van der Waals surface area (Å²) >= 11 is 1.50. The number of hydrogen-bond acceptors (Lipinski definition) is 9. The maximum atomic E-state index is 14.5. The summed E-state index contributed by atoms with van der Waals surface area (Å²) in [5.74, 6) is -1.31. The third-order valence-electron chi connectivity index (χ3n) is 8.48. The van der Waals surface area contributed by atoms with Gasteiger partial charge in [0.05, 0.1) is 28.8 Å². The van der Waals surface area contributed by atoms with Crippen LogP contribution in [0.4, 0.5) is 9.18 Å². The van der Waals surface area contributed by atoms with Crippen LogP contribution in [0.1, 0.15) is 78.5 Å². The van der Waals surface area contributed by atoms with Gasteiger partial charge in [-0.15, -0.1) is 11.3 Å². The second-order valence-corrected chi connectivity index (χ2v) is 15.9. The van der Waals surface area contributed by atoms with Gasteiger partial charge in [-0.1, -0.05) is 32.9 Å². The number of hydrogen-bond donors (Lipinski definition) is 3. The first kappa shape index (κ1) is 38.0. The van der Waals surface area contributed by atoms with E-state index in [1.165, 1.54) is 21.1 Å². The number of nitrogens with one attached hydrogen (secondary N) is 2. The van der Waals surface area contributed by atoms with E-state index in [-0.39, 0.29) is 39.0 Å². The van der Waals surface area contributed by atoms with Crippen LogP contribution in [0.15, 0.2) is 23.7 Å². The Balaban J connectivity index is 1.45. The van der Waals surface area contributed by atoms with Crippen molar-refractivity contribution < 1.29 is 38.1 Å². The van der Waals surface area contributed by atoms with E-state index in [1.807, 2.05) is 45.9 Å². The number of thiazole rings is 1. The molecule has 2 fully saturated rings. The number of halogens is 1. The highest BCUT2D eigenvalue weighted by molar-refractivity contribution is 7.13. The molecule has 1 aromatic carbocycles. The summed E-state index contributed by atoms with van der Waals surface area (Å²) in [6, 6.07) is 3.60. The molecular weight excluding hydrogens is 653 g/mol. The molecule has 4 amide bonds. The molecule has 0 radical (unpaired) electrons. The number of carbonyl (C=O) groups excluding carboxylic acids is 4. The highest BCUT2D eigenvalue weighted by Gasteiger charge is 2.53. The molecule has 0 spiro atoms. The standard InChI is InChI=1S/C35H50FN5O7S/c1-21-27(49-20-38-21)22-10-11-23(26(16-22)47-15-9-14-40(8)32(46)48-34(5,6)7)18-37-29(43)25-17-24(42)19-41(25)30(44)28(33(2,3)4)39-31(45)35(36)12-13-35/h10-11,16,20,24-25,28,42H,9,12-15,17-19H2,1-8H3,(H,37,43)(H,39,45)/t24-,25+,28?/m1/s1. The maximum absolute atomic E-state index is 14.5. The Kier molecular flexibility index (Phi) is 11.6. The molecule has 1 saturated heterocycles. The van der Waals surface area contributed by atoms with Crippen molar-refractivity contribution in [3.05, 3.63) is 35.0 Å². The quantitative estimate of drug-likeness (QED) is 0.276. The summed E-state index contributed by atoms with van der Waals surface area (Å²) in [4.78, 5) is 60.4. The molecule has 2 heterocycles. The fourth-order valence-electron chi connectivity index (χ4n) is 5.49. The van der Waals surface area contributed by atoms with E-state index >= 15 is 0 Å². The SMILES string of the molecule is Cc1ncsc1-c1ccc(CNC(=O)[C@@H]2C[C@@H](O)CN2C(=O)C(NC(=O)C2(F)CC2)C(C)(C)C)c(OCCCN(C)C(=O)OC(C)(C)C)c1. The number of aliphatic hydroxyl groups is 1. The van der Waals surface area contributed by atoms with Crippen molar-refractivity contribution in [1.82, 2.24) is 25.4 Å². The zero-order valence-electron chi connectivity index (χ0n) is 29.7. The number of nitrogens with zero attached hydrogens (tertiary/aromatic N) is 3. The average Bonchev–Trinajstić information content (AvgIpc) is 3.42. The first-order valence-electron chi connectivity index (χ1n) is 16.7. The van der Waals surface area contributed by atoms with Crippen LogP contribution in [-0.2, 0) is 25.7 Å². The van der Waals surface area contributed by atoms with Gasteiger partial charge in [0, 0.05) is 38.7 Å². The van der Waals surface area contributed by atoms with E-state index in [1.54, 1.807) is 33.3 Å².